The lowest BCUT2D eigenvalue weighted by Gasteiger charge is -2.35. The number of carbonyl (C=O) groups is 2. The predicted octanol–water partition coefficient (Wildman–Crippen LogP) is 1.12. The predicted molar refractivity (Wildman–Crippen MR) is 55.6 cm³/mol. The minimum absolute atomic E-state index is 0.0568. The van der Waals surface area contributed by atoms with E-state index in [9.17, 15) is 9.59 Å². The minimum atomic E-state index is -0.462. The first-order chi connectivity index (χ1) is 7.71. The van der Waals surface area contributed by atoms with Crippen LogP contribution in [0.4, 0.5) is 0 Å². The molecule has 0 unspecified atom stereocenters. The Bertz CT molecular complexity index is 438. The van der Waals surface area contributed by atoms with Gasteiger partial charge in [-0.05, 0) is 18.3 Å². The van der Waals surface area contributed by atoms with Crippen molar-refractivity contribution in [3.63, 3.8) is 0 Å². The van der Waals surface area contributed by atoms with Gasteiger partial charge in [-0.1, -0.05) is 19.1 Å². The second-order valence-electron chi connectivity index (χ2n) is 5.46. The summed E-state index contributed by atoms with van der Waals surface area (Å²) >= 11 is 0. The summed E-state index contributed by atoms with van der Waals surface area (Å²) in [6.45, 7) is 1.89. The number of hydrogen-bond donors (Lipinski definition) is 0. The highest BCUT2D eigenvalue weighted by Gasteiger charge is 2.79. The largest absolute Gasteiger partial charge is 0.360 e. The van der Waals surface area contributed by atoms with E-state index >= 15 is 0 Å². The Morgan fingerprint density at radius 2 is 2.38 bits per heavy atom. The smallest absolute Gasteiger partial charge is 0.169 e. The third kappa shape index (κ3) is 0.698. The van der Waals surface area contributed by atoms with Crippen LogP contribution in [0.2, 0.25) is 0 Å². The van der Waals surface area contributed by atoms with Gasteiger partial charge in [0.15, 0.2) is 5.78 Å². The lowest BCUT2D eigenvalue weighted by Crippen LogP contribution is -2.45. The number of ketones is 2. The second-order valence-corrected chi connectivity index (χ2v) is 5.46. The van der Waals surface area contributed by atoms with Crippen LogP contribution in [0.1, 0.15) is 19.8 Å². The number of hydrogen-bond acceptors (Lipinski definition) is 3. The Hall–Kier alpha value is -0.960. The van der Waals surface area contributed by atoms with Crippen LogP contribution in [0.5, 0.6) is 0 Å². The maximum atomic E-state index is 12.3. The molecule has 0 radical (unpaired) electrons. The van der Waals surface area contributed by atoms with Crippen LogP contribution in [0.15, 0.2) is 12.2 Å². The molecule has 2 bridgehead atoms. The van der Waals surface area contributed by atoms with Crippen molar-refractivity contribution in [2.75, 3.05) is 0 Å². The fourth-order valence-electron chi connectivity index (χ4n) is 4.46. The van der Waals surface area contributed by atoms with Gasteiger partial charge in [0.2, 0.25) is 0 Å². The highest BCUT2D eigenvalue weighted by atomic mass is 16.6. The standard InChI is InChI=1S/C13H14O3/c1-2-8(14)13-7-4-3-6(5-7)9(13)10(15)11-12(13)16-11/h3-4,6-7,9,11-12H,2,5H2,1H3/t6-,7-,9-,11+,12-,13-/m0/s1. The maximum absolute atomic E-state index is 12.3. The molecule has 6 atom stereocenters. The Balaban J connectivity index is 1.90. The number of rotatable bonds is 2. The van der Waals surface area contributed by atoms with Crippen molar-refractivity contribution in [2.45, 2.75) is 32.0 Å². The van der Waals surface area contributed by atoms with Crippen molar-refractivity contribution in [3.05, 3.63) is 12.2 Å². The molecule has 2 saturated carbocycles. The van der Waals surface area contributed by atoms with E-state index in [-0.39, 0.29) is 35.6 Å². The number of carbonyl (C=O) groups excluding carboxylic acids is 2. The lowest BCUT2D eigenvalue weighted by molar-refractivity contribution is -0.141. The van der Waals surface area contributed by atoms with Gasteiger partial charge in [0.25, 0.3) is 0 Å². The van der Waals surface area contributed by atoms with Gasteiger partial charge in [0.05, 0.1) is 5.41 Å². The van der Waals surface area contributed by atoms with Crippen molar-refractivity contribution < 1.29 is 14.3 Å². The van der Waals surface area contributed by atoms with Crippen molar-refractivity contribution in [3.8, 4) is 0 Å². The molecule has 0 N–H and O–H groups in total. The van der Waals surface area contributed by atoms with Gasteiger partial charge in [-0.15, -0.1) is 0 Å². The topological polar surface area (TPSA) is 46.7 Å². The summed E-state index contributed by atoms with van der Waals surface area (Å²) in [5, 5.41) is 0. The van der Waals surface area contributed by atoms with E-state index in [0.717, 1.165) is 6.42 Å². The first-order valence-corrected chi connectivity index (χ1v) is 6.12. The quantitative estimate of drug-likeness (QED) is 0.515. The molecule has 3 aliphatic carbocycles. The molecule has 4 rings (SSSR count). The molecular formula is C13H14O3. The molecular weight excluding hydrogens is 204 g/mol. The lowest BCUT2D eigenvalue weighted by atomic mass is 9.66. The molecule has 3 fully saturated rings. The van der Waals surface area contributed by atoms with Gasteiger partial charge in [-0.3, -0.25) is 9.59 Å². The Morgan fingerprint density at radius 1 is 1.56 bits per heavy atom. The van der Waals surface area contributed by atoms with Crippen LogP contribution in [0.3, 0.4) is 0 Å². The second kappa shape index (κ2) is 2.48. The van der Waals surface area contributed by atoms with Gasteiger partial charge in [0.1, 0.15) is 18.0 Å². The zero-order valence-corrected chi connectivity index (χ0v) is 9.18. The number of epoxide rings is 1. The molecule has 4 aliphatic rings. The monoisotopic (exact) mass is 218 g/mol. The maximum Gasteiger partial charge on any atom is 0.169 e. The number of allylic oxidation sites excluding steroid dienone is 2. The molecule has 0 aromatic rings. The number of ether oxygens (including phenoxy) is 1. The molecule has 84 valence electrons. The summed E-state index contributed by atoms with van der Waals surface area (Å²) in [5.74, 6) is 0.954. The van der Waals surface area contributed by atoms with E-state index in [1.807, 2.05) is 6.92 Å². The zero-order chi connectivity index (χ0) is 11.1. The van der Waals surface area contributed by atoms with Crippen LogP contribution in [0.25, 0.3) is 0 Å². The van der Waals surface area contributed by atoms with Crippen LogP contribution < -0.4 is 0 Å². The Labute approximate surface area is 93.8 Å². The van der Waals surface area contributed by atoms with Crippen molar-refractivity contribution in [1.82, 2.24) is 0 Å². The summed E-state index contributed by atoms with van der Waals surface area (Å²) < 4.78 is 5.45. The highest BCUT2D eigenvalue weighted by molar-refractivity contribution is 6.03. The van der Waals surface area contributed by atoms with E-state index < -0.39 is 5.41 Å². The van der Waals surface area contributed by atoms with Crippen molar-refractivity contribution >= 4 is 11.6 Å². The number of Topliss-reactive ketones (excluding diaryl/α,β-unsaturated/α-hetero) is 2. The summed E-state index contributed by atoms with van der Waals surface area (Å²) in [5.41, 5.74) is -0.462. The molecule has 0 spiro atoms. The van der Waals surface area contributed by atoms with Gasteiger partial charge >= 0.3 is 0 Å². The normalized spacial score (nSPS) is 55.3. The Morgan fingerprint density at radius 3 is 3.12 bits per heavy atom. The molecule has 1 aliphatic heterocycles. The highest BCUT2D eigenvalue weighted by Crippen LogP contribution is 2.68. The summed E-state index contributed by atoms with van der Waals surface area (Å²) in [7, 11) is 0. The molecule has 3 nitrogen and oxygen atoms in total. The van der Waals surface area contributed by atoms with Gasteiger partial charge < -0.3 is 4.74 Å². The van der Waals surface area contributed by atoms with E-state index in [0.29, 0.717) is 12.3 Å². The van der Waals surface area contributed by atoms with E-state index in [4.69, 9.17) is 4.74 Å². The average molecular weight is 218 g/mol. The molecule has 0 amide bonds. The summed E-state index contributed by atoms with van der Waals surface area (Å²) in [6, 6.07) is 0. The van der Waals surface area contributed by atoms with Crippen LogP contribution in [-0.2, 0) is 14.3 Å². The first kappa shape index (κ1) is 9.11. The molecule has 1 saturated heterocycles. The zero-order valence-electron chi connectivity index (χ0n) is 9.18. The van der Waals surface area contributed by atoms with E-state index in [1.165, 1.54) is 0 Å². The molecule has 3 heteroatoms. The fraction of sp³-hybridized carbons (Fsp3) is 0.692. The SMILES string of the molecule is CCC(=O)[C@@]12[C@H](C(=O)[C@H]3O[C@@H]31)[C@H]1C=C[C@H]2C1. The van der Waals surface area contributed by atoms with Gasteiger partial charge in [0, 0.05) is 12.3 Å². The van der Waals surface area contributed by atoms with Crippen LogP contribution in [0, 0.1) is 23.2 Å². The van der Waals surface area contributed by atoms with E-state index in [2.05, 4.69) is 12.2 Å². The summed E-state index contributed by atoms with van der Waals surface area (Å²) in [6.07, 6.45) is 5.45. The summed E-state index contributed by atoms with van der Waals surface area (Å²) in [4.78, 5) is 24.5. The molecule has 0 aromatic carbocycles. The average Bonchev–Trinajstić information content (AvgIpc) is 2.73. The van der Waals surface area contributed by atoms with Gasteiger partial charge in [-0.25, -0.2) is 0 Å². The molecule has 0 aromatic heterocycles. The fourth-order valence-corrected chi connectivity index (χ4v) is 4.46. The Kier molecular flexibility index (Phi) is 1.41. The molecule has 1 heterocycles. The number of fused-ring (bicyclic) bond motifs is 7. The third-order valence-corrected chi connectivity index (χ3v) is 5.03. The minimum Gasteiger partial charge on any atom is -0.360 e. The third-order valence-electron chi connectivity index (χ3n) is 5.03. The van der Waals surface area contributed by atoms with Crippen molar-refractivity contribution in [2.24, 2.45) is 23.2 Å². The molecule has 16 heavy (non-hydrogen) atoms. The van der Waals surface area contributed by atoms with Crippen molar-refractivity contribution in [1.29, 1.82) is 0 Å². The first-order valence-electron chi connectivity index (χ1n) is 6.12. The van der Waals surface area contributed by atoms with Crippen LogP contribution in [-0.4, -0.2) is 23.8 Å². The van der Waals surface area contributed by atoms with Gasteiger partial charge in [-0.2, -0.15) is 0 Å². The van der Waals surface area contributed by atoms with E-state index in [1.54, 1.807) is 0 Å². The van der Waals surface area contributed by atoms with Crippen LogP contribution >= 0.6 is 0 Å².